The molecule has 2 unspecified atom stereocenters. The van der Waals surface area contributed by atoms with Crippen molar-refractivity contribution in [3.63, 3.8) is 0 Å². The summed E-state index contributed by atoms with van der Waals surface area (Å²) >= 11 is 0. The highest BCUT2D eigenvalue weighted by Crippen LogP contribution is 1.89. The largest absolute Gasteiger partial charge is 0.328 e. The maximum Gasteiger partial charge on any atom is 0.00361 e. The van der Waals surface area contributed by atoms with Crippen LogP contribution in [0, 0.1) is 0 Å². The minimum Gasteiger partial charge on any atom is -0.328 e. The van der Waals surface area contributed by atoms with Gasteiger partial charge in [-0.05, 0) is 33.2 Å². The lowest BCUT2D eigenvalue weighted by Gasteiger charge is -2.11. The lowest BCUT2D eigenvalue weighted by Crippen LogP contribution is -2.30. The van der Waals surface area contributed by atoms with E-state index in [1.54, 1.807) is 0 Å². The molecule has 0 amide bonds. The summed E-state index contributed by atoms with van der Waals surface area (Å²) in [5.74, 6) is 0. The molecule has 0 aliphatic heterocycles. The van der Waals surface area contributed by atoms with Gasteiger partial charge in [0.1, 0.15) is 0 Å². The van der Waals surface area contributed by atoms with Gasteiger partial charge in [0.05, 0.1) is 0 Å². The fourth-order valence-electron chi connectivity index (χ4n) is 0.702. The second kappa shape index (κ2) is 5.69. The fourth-order valence-corrected chi connectivity index (χ4v) is 0.702. The van der Waals surface area contributed by atoms with Gasteiger partial charge in [-0.3, -0.25) is 0 Å². The molecule has 3 N–H and O–H groups in total. The van der Waals surface area contributed by atoms with Crippen LogP contribution in [0.1, 0.15) is 33.6 Å². The van der Waals surface area contributed by atoms with Gasteiger partial charge in [0.2, 0.25) is 0 Å². The molecule has 0 rings (SSSR count). The van der Waals surface area contributed by atoms with E-state index < -0.39 is 0 Å². The summed E-state index contributed by atoms with van der Waals surface area (Å²) in [6.07, 6.45) is 2.27. The summed E-state index contributed by atoms with van der Waals surface area (Å²) in [4.78, 5) is 0. The molecule has 0 aromatic carbocycles. The molecule has 0 radical (unpaired) electrons. The second-order valence-electron chi connectivity index (χ2n) is 3.03. The lowest BCUT2D eigenvalue weighted by molar-refractivity contribution is 0.504. The van der Waals surface area contributed by atoms with Crippen LogP contribution < -0.4 is 11.1 Å². The Morgan fingerprint density at radius 2 is 2.00 bits per heavy atom. The molecule has 0 aromatic rings. The zero-order valence-corrected chi connectivity index (χ0v) is 7.35. The van der Waals surface area contributed by atoms with Gasteiger partial charge in [-0.15, -0.1) is 0 Å². The van der Waals surface area contributed by atoms with Crippen molar-refractivity contribution in [1.82, 2.24) is 5.32 Å². The molecule has 0 bridgehead atoms. The zero-order valence-electron chi connectivity index (χ0n) is 7.35. The maximum atomic E-state index is 5.58. The van der Waals surface area contributed by atoms with Gasteiger partial charge in [-0.25, -0.2) is 0 Å². The van der Waals surface area contributed by atoms with Gasteiger partial charge < -0.3 is 11.1 Å². The molecule has 2 atom stereocenters. The van der Waals surface area contributed by atoms with Gasteiger partial charge in [0, 0.05) is 12.1 Å². The Labute approximate surface area is 64.2 Å². The minimum absolute atomic E-state index is 0.330. The molecule has 0 saturated carbocycles. The average Bonchev–Trinajstić information content (AvgIpc) is 1.87. The smallest absolute Gasteiger partial charge is 0.00361 e. The van der Waals surface area contributed by atoms with Crippen LogP contribution in [0.15, 0.2) is 0 Å². The normalized spacial score (nSPS) is 16.8. The van der Waals surface area contributed by atoms with E-state index in [4.69, 9.17) is 5.73 Å². The molecule has 62 valence electrons. The van der Waals surface area contributed by atoms with E-state index >= 15 is 0 Å². The van der Waals surface area contributed by atoms with Crippen molar-refractivity contribution in [2.75, 3.05) is 6.54 Å². The maximum absolute atomic E-state index is 5.58. The fraction of sp³-hybridized carbons (Fsp3) is 1.00. The molecule has 0 aliphatic carbocycles. The Balaban J connectivity index is 3.03. The second-order valence-corrected chi connectivity index (χ2v) is 3.03. The van der Waals surface area contributed by atoms with Gasteiger partial charge >= 0.3 is 0 Å². The first-order valence-electron chi connectivity index (χ1n) is 4.15. The number of hydrogen-bond acceptors (Lipinski definition) is 2. The summed E-state index contributed by atoms with van der Waals surface area (Å²) in [7, 11) is 0. The van der Waals surface area contributed by atoms with Crippen LogP contribution in [-0.4, -0.2) is 18.6 Å². The third kappa shape index (κ3) is 6.05. The van der Waals surface area contributed by atoms with Crippen LogP contribution in [-0.2, 0) is 0 Å². The highest BCUT2D eigenvalue weighted by molar-refractivity contribution is 4.60. The first-order valence-corrected chi connectivity index (χ1v) is 4.15. The quantitative estimate of drug-likeness (QED) is 0.606. The Morgan fingerprint density at radius 3 is 2.40 bits per heavy atom. The summed E-state index contributed by atoms with van der Waals surface area (Å²) in [6.45, 7) is 7.47. The van der Waals surface area contributed by atoms with E-state index in [0.29, 0.717) is 12.1 Å². The van der Waals surface area contributed by atoms with Crippen LogP contribution in [0.25, 0.3) is 0 Å². The van der Waals surface area contributed by atoms with Crippen LogP contribution in [0.2, 0.25) is 0 Å². The highest BCUT2D eigenvalue weighted by atomic mass is 14.9. The lowest BCUT2D eigenvalue weighted by atomic mass is 10.2. The summed E-state index contributed by atoms with van der Waals surface area (Å²) in [5.41, 5.74) is 5.58. The van der Waals surface area contributed by atoms with E-state index in [-0.39, 0.29) is 0 Å². The third-order valence-corrected chi connectivity index (χ3v) is 1.70. The van der Waals surface area contributed by atoms with Crippen LogP contribution in [0.3, 0.4) is 0 Å². The van der Waals surface area contributed by atoms with E-state index in [0.717, 1.165) is 13.0 Å². The monoisotopic (exact) mass is 144 g/mol. The SMILES string of the molecule is CCC(C)NCCC(C)N. The first kappa shape index (κ1) is 9.92. The van der Waals surface area contributed by atoms with Crippen molar-refractivity contribution in [3.05, 3.63) is 0 Å². The van der Waals surface area contributed by atoms with Crippen molar-refractivity contribution < 1.29 is 0 Å². The minimum atomic E-state index is 0.330. The van der Waals surface area contributed by atoms with Crippen LogP contribution >= 0.6 is 0 Å². The summed E-state index contributed by atoms with van der Waals surface area (Å²) < 4.78 is 0. The molecule has 0 heterocycles. The van der Waals surface area contributed by atoms with Crippen LogP contribution in [0.5, 0.6) is 0 Å². The van der Waals surface area contributed by atoms with Gasteiger partial charge in [-0.1, -0.05) is 6.92 Å². The third-order valence-electron chi connectivity index (χ3n) is 1.70. The van der Waals surface area contributed by atoms with Crippen LogP contribution in [0.4, 0.5) is 0 Å². The van der Waals surface area contributed by atoms with Gasteiger partial charge in [0.15, 0.2) is 0 Å². The molecule has 0 aliphatic rings. The van der Waals surface area contributed by atoms with E-state index in [2.05, 4.69) is 19.2 Å². The predicted molar refractivity (Wildman–Crippen MR) is 46.0 cm³/mol. The van der Waals surface area contributed by atoms with E-state index in [1.807, 2.05) is 6.92 Å². The van der Waals surface area contributed by atoms with Gasteiger partial charge in [-0.2, -0.15) is 0 Å². The molecular formula is C8H20N2. The topological polar surface area (TPSA) is 38.0 Å². The zero-order chi connectivity index (χ0) is 7.98. The molecular weight excluding hydrogens is 124 g/mol. The Kier molecular flexibility index (Phi) is 5.64. The number of hydrogen-bond donors (Lipinski definition) is 2. The van der Waals surface area contributed by atoms with E-state index in [1.165, 1.54) is 6.42 Å². The van der Waals surface area contributed by atoms with Crippen molar-refractivity contribution in [2.24, 2.45) is 5.73 Å². The summed E-state index contributed by atoms with van der Waals surface area (Å²) in [5, 5.41) is 3.38. The van der Waals surface area contributed by atoms with Crippen molar-refractivity contribution in [3.8, 4) is 0 Å². The standard InChI is InChI=1S/C8H20N2/c1-4-8(3)10-6-5-7(2)9/h7-8,10H,4-6,9H2,1-3H3. The van der Waals surface area contributed by atoms with Crippen molar-refractivity contribution >= 4 is 0 Å². The van der Waals surface area contributed by atoms with Crippen molar-refractivity contribution in [2.45, 2.75) is 45.7 Å². The molecule has 0 spiro atoms. The van der Waals surface area contributed by atoms with Gasteiger partial charge in [0.25, 0.3) is 0 Å². The predicted octanol–water partition coefficient (Wildman–Crippen LogP) is 1.11. The Morgan fingerprint density at radius 1 is 1.40 bits per heavy atom. The summed E-state index contributed by atoms with van der Waals surface area (Å²) in [6, 6.07) is 0.968. The molecule has 2 heteroatoms. The van der Waals surface area contributed by atoms with Crippen molar-refractivity contribution in [1.29, 1.82) is 0 Å². The average molecular weight is 144 g/mol. The molecule has 10 heavy (non-hydrogen) atoms. The number of rotatable bonds is 5. The number of nitrogens with one attached hydrogen (secondary N) is 1. The van der Waals surface area contributed by atoms with E-state index in [9.17, 15) is 0 Å². The Bertz CT molecular complexity index is 71.7. The first-order chi connectivity index (χ1) is 4.66. The molecule has 0 aromatic heterocycles. The number of nitrogens with two attached hydrogens (primary N) is 1. The molecule has 2 nitrogen and oxygen atoms in total. The molecule has 0 fully saturated rings. The highest BCUT2D eigenvalue weighted by Gasteiger charge is 1.97. The Hall–Kier alpha value is -0.0800. The molecule has 0 saturated heterocycles.